The topological polar surface area (TPSA) is 30.5 Å². The molecule has 0 aliphatic carbocycles. The number of likely N-dealkylation sites (N-methyl/N-ethyl adjacent to an activating group) is 1. The van der Waals surface area contributed by atoms with E-state index in [1.165, 1.54) is 5.56 Å². The first kappa shape index (κ1) is 14.2. The van der Waals surface area contributed by atoms with Gasteiger partial charge in [-0.1, -0.05) is 18.5 Å². The van der Waals surface area contributed by atoms with E-state index in [-0.39, 0.29) is 11.6 Å². The summed E-state index contributed by atoms with van der Waals surface area (Å²) in [6.45, 7) is 6.79. The predicted octanol–water partition coefficient (Wildman–Crippen LogP) is 3.49. The molecule has 1 aromatic carbocycles. The third-order valence-corrected chi connectivity index (χ3v) is 4.57. The summed E-state index contributed by atoms with van der Waals surface area (Å²) in [5.74, 6) is 1.01. The summed E-state index contributed by atoms with van der Waals surface area (Å²) < 4.78 is 11.9. The van der Waals surface area contributed by atoms with Gasteiger partial charge in [-0.2, -0.15) is 0 Å². The van der Waals surface area contributed by atoms with E-state index in [0.717, 1.165) is 55.4 Å². The van der Waals surface area contributed by atoms with E-state index >= 15 is 0 Å². The van der Waals surface area contributed by atoms with Gasteiger partial charge in [0.1, 0.15) is 5.75 Å². The Kier molecular flexibility index (Phi) is 3.93. The lowest BCUT2D eigenvalue weighted by Crippen LogP contribution is -2.41. The van der Waals surface area contributed by atoms with Crippen molar-refractivity contribution in [2.45, 2.75) is 44.8 Å². The lowest BCUT2D eigenvalue weighted by molar-refractivity contribution is -0.0126. The van der Waals surface area contributed by atoms with E-state index < -0.39 is 0 Å². The lowest BCUT2D eigenvalue weighted by atomic mass is 9.86. The van der Waals surface area contributed by atoms with Gasteiger partial charge in [0.05, 0.1) is 18.2 Å². The van der Waals surface area contributed by atoms with Crippen molar-refractivity contribution >= 4 is 11.6 Å². The van der Waals surface area contributed by atoms with Gasteiger partial charge >= 0.3 is 0 Å². The molecule has 2 atom stereocenters. The Morgan fingerprint density at radius 1 is 1.40 bits per heavy atom. The summed E-state index contributed by atoms with van der Waals surface area (Å²) in [7, 11) is 0. The minimum Gasteiger partial charge on any atom is -0.493 e. The fourth-order valence-corrected chi connectivity index (χ4v) is 3.65. The van der Waals surface area contributed by atoms with Gasteiger partial charge in [-0.3, -0.25) is 0 Å². The number of nitrogens with one attached hydrogen (secondary N) is 1. The van der Waals surface area contributed by atoms with E-state index in [1.54, 1.807) is 0 Å². The summed E-state index contributed by atoms with van der Waals surface area (Å²) in [5, 5.41) is 4.36. The molecule has 1 saturated heterocycles. The summed E-state index contributed by atoms with van der Waals surface area (Å²) in [6.07, 6.45) is 3.12. The van der Waals surface area contributed by atoms with Crippen LogP contribution in [0.2, 0.25) is 5.02 Å². The van der Waals surface area contributed by atoms with Crippen molar-refractivity contribution in [2.75, 3.05) is 19.8 Å². The van der Waals surface area contributed by atoms with E-state index in [2.05, 4.69) is 19.2 Å². The molecule has 0 spiro atoms. The van der Waals surface area contributed by atoms with Gasteiger partial charge in [0, 0.05) is 23.6 Å². The maximum atomic E-state index is 6.30. The molecule has 0 saturated carbocycles. The van der Waals surface area contributed by atoms with Crippen LogP contribution in [0.15, 0.2) is 12.1 Å². The molecule has 3 rings (SSSR count). The number of halogens is 1. The predicted molar refractivity (Wildman–Crippen MR) is 80.7 cm³/mol. The third kappa shape index (κ3) is 2.43. The highest BCUT2D eigenvalue weighted by Gasteiger charge is 2.41. The average Bonchev–Trinajstić information content (AvgIpc) is 3.04. The van der Waals surface area contributed by atoms with Crippen LogP contribution in [0, 0.1) is 0 Å². The Balaban J connectivity index is 2.03. The first-order chi connectivity index (χ1) is 9.64. The molecule has 1 N–H and O–H groups in total. The second-order valence-electron chi connectivity index (χ2n) is 5.84. The molecule has 0 radical (unpaired) electrons. The molecule has 0 bridgehead atoms. The Bertz CT molecular complexity index is 497. The summed E-state index contributed by atoms with van der Waals surface area (Å²) in [6, 6.07) is 4.18. The number of hydrogen-bond acceptors (Lipinski definition) is 3. The van der Waals surface area contributed by atoms with Crippen molar-refractivity contribution in [3.05, 3.63) is 28.3 Å². The minimum atomic E-state index is -0.180. The first-order valence-corrected chi connectivity index (χ1v) is 7.84. The van der Waals surface area contributed by atoms with Crippen LogP contribution in [0.25, 0.3) is 0 Å². The quantitative estimate of drug-likeness (QED) is 0.922. The molecule has 0 amide bonds. The average molecular weight is 296 g/mol. The summed E-state index contributed by atoms with van der Waals surface area (Å²) >= 11 is 6.30. The molecule has 110 valence electrons. The van der Waals surface area contributed by atoms with Gasteiger partial charge < -0.3 is 14.8 Å². The number of ether oxygens (including phenoxy) is 2. The number of benzene rings is 1. The van der Waals surface area contributed by atoms with Crippen molar-refractivity contribution in [3.63, 3.8) is 0 Å². The van der Waals surface area contributed by atoms with Gasteiger partial charge in [-0.25, -0.2) is 0 Å². The van der Waals surface area contributed by atoms with Crippen LogP contribution < -0.4 is 10.1 Å². The van der Waals surface area contributed by atoms with Gasteiger partial charge in [0.25, 0.3) is 0 Å². The molecule has 1 aromatic rings. The highest BCUT2D eigenvalue weighted by molar-refractivity contribution is 6.30. The van der Waals surface area contributed by atoms with Gasteiger partial charge in [0.15, 0.2) is 0 Å². The Hall–Kier alpha value is -0.770. The highest BCUT2D eigenvalue weighted by atomic mass is 35.5. The van der Waals surface area contributed by atoms with Crippen LogP contribution in [0.5, 0.6) is 5.75 Å². The van der Waals surface area contributed by atoms with E-state index in [1.807, 2.05) is 12.1 Å². The molecule has 1 fully saturated rings. The van der Waals surface area contributed by atoms with Crippen molar-refractivity contribution in [3.8, 4) is 5.75 Å². The van der Waals surface area contributed by atoms with Crippen LogP contribution in [0.1, 0.15) is 43.9 Å². The zero-order valence-corrected chi connectivity index (χ0v) is 12.9. The van der Waals surface area contributed by atoms with Crippen LogP contribution >= 0.6 is 11.6 Å². The molecular formula is C16H22ClNO2. The second-order valence-corrected chi connectivity index (χ2v) is 6.27. The van der Waals surface area contributed by atoms with Crippen LogP contribution in [0.3, 0.4) is 0 Å². The molecule has 0 aromatic heterocycles. The van der Waals surface area contributed by atoms with Crippen LogP contribution in [-0.2, 0) is 11.2 Å². The van der Waals surface area contributed by atoms with Crippen LogP contribution in [-0.4, -0.2) is 25.4 Å². The molecule has 4 heteroatoms. The van der Waals surface area contributed by atoms with Crippen molar-refractivity contribution in [1.29, 1.82) is 0 Å². The molecule has 2 aliphatic rings. The molecular weight excluding hydrogens is 274 g/mol. The van der Waals surface area contributed by atoms with E-state index in [9.17, 15) is 0 Å². The van der Waals surface area contributed by atoms with E-state index in [4.69, 9.17) is 21.1 Å². The number of fused-ring (bicyclic) bond motifs is 1. The zero-order chi connectivity index (χ0) is 14.2. The maximum Gasteiger partial charge on any atom is 0.127 e. The van der Waals surface area contributed by atoms with Crippen molar-refractivity contribution in [1.82, 2.24) is 5.32 Å². The molecule has 2 unspecified atom stereocenters. The minimum absolute atomic E-state index is 0.126. The van der Waals surface area contributed by atoms with Gasteiger partial charge in [-0.05, 0) is 44.0 Å². The van der Waals surface area contributed by atoms with Gasteiger partial charge in [-0.15, -0.1) is 0 Å². The smallest absolute Gasteiger partial charge is 0.127 e. The summed E-state index contributed by atoms with van der Waals surface area (Å²) in [5.41, 5.74) is 2.19. The number of rotatable bonds is 4. The maximum absolute atomic E-state index is 6.30. The number of hydrogen-bond donors (Lipinski definition) is 1. The Morgan fingerprint density at radius 3 is 2.95 bits per heavy atom. The standard InChI is InChI=1S/C16H22ClNO2/c1-3-18-15(16(2)6-4-7-20-16)13-10-12(17)9-11-5-8-19-14(11)13/h9-10,15,18H,3-8H2,1-2H3. The zero-order valence-electron chi connectivity index (χ0n) is 12.2. The monoisotopic (exact) mass is 295 g/mol. The SMILES string of the molecule is CCNC(c1cc(Cl)cc2c1OCC2)C1(C)CCCO1. The Labute approximate surface area is 125 Å². The fraction of sp³-hybridized carbons (Fsp3) is 0.625. The van der Waals surface area contributed by atoms with Crippen molar-refractivity contribution < 1.29 is 9.47 Å². The molecule has 2 heterocycles. The van der Waals surface area contributed by atoms with Crippen molar-refractivity contribution in [2.24, 2.45) is 0 Å². The molecule has 3 nitrogen and oxygen atoms in total. The molecule has 2 aliphatic heterocycles. The third-order valence-electron chi connectivity index (χ3n) is 4.36. The lowest BCUT2D eigenvalue weighted by Gasteiger charge is -2.35. The highest BCUT2D eigenvalue weighted by Crippen LogP contribution is 2.44. The second kappa shape index (κ2) is 5.55. The first-order valence-electron chi connectivity index (χ1n) is 7.46. The Morgan fingerprint density at radius 2 is 2.25 bits per heavy atom. The summed E-state index contributed by atoms with van der Waals surface area (Å²) in [4.78, 5) is 0. The van der Waals surface area contributed by atoms with E-state index in [0.29, 0.717) is 0 Å². The van der Waals surface area contributed by atoms with Gasteiger partial charge in [0.2, 0.25) is 0 Å². The van der Waals surface area contributed by atoms with Crippen LogP contribution in [0.4, 0.5) is 0 Å². The fourth-order valence-electron chi connectivity index (χ4n) is 3.40. The molecule has 20 heavy (non-hydrogen) atoms. The normalized spacial score (nSPS) is 26.4. The largest absolute Gasteiger partial charge is 0.493 e.